The van der Waals surface area contributed by atoms with E-state index in [0.717, 1.165) is 12.1 Å². The molecular weight excluding hydrogens is 265 g/mol. The zero-order valence-corrected chi connectivity index (χ0v) is 9.72. The van der Waals surface area contributed by atoms with Crippen LogP contribution in [0.2, 0.25) is 5.02 Å². The molecule has 2 rings (SSSR count). The fraction of sp³-hybridized carbons (Fsp3) is 0.0769. The van der Waals surface area contributed by atoms with Crippen molar-refractivity contribution in [2.24, 2.45) is 0 Å². The molecule has 1 radical (unpaired) electrons. The van der Waals surface area contributed by atoms with E-state index in [2.05, 4.69) is 6.07 Å². The highest BCUT2D eigenvalue weighted by molar-refractivity contribution is 6.30. The average molecular weight is 272 g/mol. The van der Waals surface area contributed by atoms with Gasteiger partial charge in [0.05, 0.1) is 5.56 Å². The molecule has 0 fully saturated rings. The van der Waals surface area contributed by atoms with Crippen LogP contribution in [-0.2, 0) is 6.18 Å². The minimum Gasteiger partial charge on any atom is -0.457 e. The molecule has 0 unspecified atom stereocenters. The summed E-state index contributed by atoms with van der Waals surface area (Å²) >= 11 is 5.70. The largest absolute Gasteiger partial charge is 0.457 e. The van der Waals surface area contributed by atoms with Crippen LogP contribution in [0.4, 0.5) is 13.2 Å². The third-order valence-electron chi connectivity index (χ3n) is 2.15. The van der Waals surface area contributed by atoms with E-state index in [-0.39, 0.29) is 5.75 Å². The van der Waals surface area contributed by atoms with Gasteiger partial charge in [-0.15, -0.1) is 0 Å². The highest BCUT2D eigenvalue weighted by atomic mass is 35.5. The van der Waals surface area contributed by atoms with Crippen molar-refractivity contribution in [2.45, 2.75) is 6.18 Å². The van der Waals surface area contributed by atoms with Gasteiger partial charge in [-0.05, 0) is 42.5 Å². The van der Waals surface area contributed by atoms with Gasteiger partial charge in [-0.3, -0.25) is 0 Å². The quantitative estimate of drug-likeness (QED) is 0.751. The molecule has 2 aromatic rings. The number of ether oxygens (including phenoxy) is 1. The summed E-state index contributed by atoms with van der Waals surface area (Å²) in [6.07, 6.45) is -4.37. The first kappa shape index (κ1) is 12.8. The van der Waals surface area contributed by atoms with Crippen LogP contribution in [0, 0.1) is 6.07 Å². The van der Waals surface area contributed by atoms with Crippen LogP contribution in [0.5, 0.6) is 11.5 Å². The average Bonchev–Trinajstić information content (AvgIpc) is 2.32. The minimum atomic E-state index is -4.37. The highest BCUT2D eigenvalue weighted by Gasteiger charge is 2.30. The minimum absolute atomic E-state index is 0.213. The predicted molar refractivity (Wildman–Crippen MR) is 61.8 cm³/mol. The number of alkyl halides is 3. The molecular formula is C13H7ClF3O. The molecule has 0 saturated carbocycles. The number of hydrogen-bond acceptors (Lipinski definition) is 1. The monoisotopic (exact) mass is 271 g/mol. The van der Waals surface area contributed by atoms with Crippen molar-refractivity contribution < 1.29 is 17.9 Å². The highest BCUT2D eigenvalue weighted by Crippen LogP contribution is 2.31. The van der Waals surface area contributed by atoms with Gasteiger partial charge in [0.2, 0.25) is 0 Å². The number of rotatable bonds is 2. The maximum absolute atomic E-state index is 12.3. The lowest BCUT2D eigenvalue weighted by atomic mass is 10.2. The molecule has 0 saturated heterocycles. The van der Waals surface area contributed by atoms with E-state index in [1.165, 1.54) is 6.07 Å². The molecule has 93 valence electrons. The number of benzene rings is 2. The van der Waals surface area contributed by atoms with Crippen molar-refractivity contribution in [3.63, 3.8) is 0 Å². The summed E-state index contributed by atoms with van der Waals surface area (Å²) in [6, 6.07) is 11.9. The topological polar surface area (TPSA) is 9.23 Å². The van der Waals surface area contributed by atoms with Crippen molar-refractivity contribution in [1.29, 1.82) is 0 Å². The van der Waals surface area contributed by atoms with Gasteiger partial charge in [0.15, 0.2) is 0 Å². The van der Waals surface area contributed by atoms with Gasteiger partial charge in [0.25, 0.3) is 0 Å². The summed E-state index contributed by atoms with van der Waals surface area (Å²) in [7, 11) is 0. The van der Waals surface area contributed by atoms with E-state index >= 15 is 0 Å². The third-order valence-corrected chi connectivity index (χ3v) is 2.40. The van der Waals surface area contributed by atoms with Crippen LogP contribution in [0.1, 0.15) is 5.56 Å². The second kappa shape index (κ2) is 4.90. The van der Waals surface area contributed by atoms with Crippen LogP contribution in [0.3, 0.4) is 0 Å². The predicted octanol–water partition coefficient (Wildman–Crippen LogP) is 4.95. The van der Waals surface area contributed by atoms with E-state index in [9.17, 15) is 13.2 Å². The molecule has 18 heavy (non-hydrogen) atoms. The second-order valence-corrected chi connectivity index (χ2v) is 3.93. The Kier molecular flexibility index (Phi) is 3.48. The van der Waals surface area contributed by atoms with Crippen molar-refractivity contribution in [3.8, 4) is 11.5 Å². The Bertz CT molecular complexity index is 517. The van der Waals surface area contributed by atoms with E-state index in [0.29, 0.717) is 10.8 Å². The molecule has 0 aromatic heterocycles. The lowest BCUT2D eigenvalue weighted by Crippen LogP contribution is -2.04. The fourth-order valence-electron chi connectivity index (χ4n) is 1.28. The smallest absolute Gasteiger partial charge is 0.416 e. The van der Waals surface area contributed by atoms with Gasteiger partial charge in [-0.2, -0.15) is 13.2 Å². The molecule has 0 spiro atoms. The molecule has 0 N–H and O–H groups in total. The zero-order chi connectivity index (χ0) is 13.2. The summed E-state index contributed by atoms with van der Waals surface area (Å²) in [5.41, 5.74) is -0.758. The summed E-state index contributed by atoms with van der Waals surface area (Å²) in [5.74, 6) is 0.695. The molecule has 5 heteroatoms. The Morgan fingerprint density at radius 2 is 1.67 bits per heavy atom. The number of hydrogen-bond donors (Lipinski definition) is 0. The van der Waals surface area contributed by atoms with E-state index in [1.54, 1.807) is 24.3 Å². The fourth-order valence-corrected chi connectivity index (χ4v) is 1.41. The SMILES string of the molecule is FC(F)(F)c1c[c]c(Oc2ccc(Cl)cc2)cc1. The number of halogens is 4. The van der Waals surface area contributed by atoms with Gasteiger partial charge in [0, 0.05) is 11.1 Å². The second-order valence-electron chi connectivity index (χ2n) is 3.50. The van der Waals surface area contributed by atoms with Gasteiger partial charge in [-0.25, -0.2) is 0 Å². The Morgan fingerprint density at radius 1 is 1.00 bits per heavy atom. The Morgan fingerprint density at radius 3 is 2.17 bits per heavy atom. The first-order valence-electron chi connectivity index (χ1n) is 4.97. The summed E-state index contributed by atoms with van der Waals surface area (Å²) in [4.78, 5) is 0. The van der Waals surface area contributed by atoms with Crippen LogP contribution in [-0.4, -0.2) is 0 Å². The van der Waals surface area contributed by atoms with Crippen LogP contribution >= 0.6 is 11.6 Å². The van der Waals surface area contributed by atoms with Crippen molar-refractivity contribution in [2.75, 3.05) is 0 Å². The Labute approximate surface area is 107 Å². The molecule has 0 heterocycles. The van der Waals surface area contributed by atoms with Gasteiger partial charge >= 0.3 is 6.18 Å². The molecule has 0 bridgehead atoms. The van der Waals surface area contributed by atoms with Gasteiger partial charge in [0.1, 0.15) is 11.5 Å². The maximum atomic E-state index is 12.3. The molecule has 2 aromatic carbocycles. The van der Waals surface area contributed by atoms with Crippen molar-refractivity contribution in [3.05, 3.63) is 59.1 Å². The summed E-state index contributed by atoms with van der Waals surface area (Å²) in [6.45, 7) is 0. The van der Waals surface area contributed by atoms with Gasteiger partial charge in [-0.1, -0.05) is 11.6 Å². The van der Waals surface area contributed by atoms with E-state index < -0.39 is 11.7 Å². The first-order chi connectivity index (χ1) is 8.45. The van der Waals surface area contributed by atoms with Gasteiger partial charge < -0.3 is 4.74 Å². The normalized spacial score (nSPS) is 11.3. The molecule has 0 amide bonds. The Hall–Kier alpha value is -1.68. The lowest BCUT2D eigenvalue weighted by molar-refractivity contribution is -0.137. The zero-order valence-electron chi connectivity index (χ0n) is 8.96. The molecule has 0 atom stereocenters. The summed E-state index contributed by atoms with van der Waals surface area (Å²) < 4.78 is 42.3. The first-order valence-corrected chi connectivity index (χ1v) is 5.35. The van der Waals surface area contributed by atoms with Crippen LogP contribution < -0.4 is 4.74 Å². The van der Waals surface area contributed by atoms with Crippen LogP contribution in [0.15, 0.2) is 42.5 Å². The van der Waals surface area contributed by atoms with Crippen molar-refractivity contribution >= 4 is 11.6 Å². The molecule has 0 aliphatic heterocycles. The molecule has 0 aliphatic carbocycles. The standard InChI is InChI=1S/C13H7ClF3O/c14-10-3-7-12(8-4-10)18-11-5-1-9(2-6-11)13(15,16)17/h1-5,7-8H. The Balaban J connectivity index is 2.13. The summed E-state index contributed by atoms with van der Waals surface area (Å²) in [5, 5.41) is 0.554. The molecule has 1 nitrogen and oxygen atoms in total. The maximum Gasteiger partial charge on any atom is 0.416 e. The van der Waals surface area contributed by atoms with E-state index in [1.807, 2.05) is 0 Å². The lowest BCUT2D eigenvalue weighted by Gasteiger charge is -2.08. The third kappa shape index (κ3) is 3.17. The molecule has 0 aliphatic rings. The van der Waals surface area contributed by atoms with Crippen LogP contribution in [0.25, 0.3) is 0 Å². The van der Waals surface area contributed by atoms with Crippen molar-refractivity contribution in [1.82, 2.24) is 0 Å². The van der Waals surface area contributed by atoms with E-state index in [4.69, 9.17) is 16.3 Å².